The van der Waals surface area contributed by atoms with Gasteiger partial charge in [0, 0.05) is 25.1 Å². The van der Waals surface area contributed by atoms with E-state index in [4.69, 9.17) is 0 Å². The number of hydrogen-bond acceptors (Lipinski definition) is 3. The number of carbonyl (C=O) groups excluding carboxylic acids is 2. The molecule has 2 heterocycles. The quantitative estimate of drug-likeness (QED) is 0.841. The lowest BCUT2D eigenvalue weighted by Crippen LogP contribution is -2.44. The molecule has 0 saturated heterocycles. The number of hydrogen-bond donors (Lipinski definition) is 1. The summed E-state index contributed by atoms with van der Waals surface area (Å²) in [6.07, 6.45) is 1.73. The number of fused-ring (bicyclic) bond motifs is 1. The van der Waals surface area contributed by atoms with Gasteiger partial charge in [-0.25, -0.2) is 5.43 Å². The highest BCUT2D eigenvalue weighted by Gasteiger charge is 2.30. The van der Waals surface area contributed by atoms with Crippen molar-refractivity contribution in [2.45, 2.75) is 26.2 Å². The van der Waals surface area contributed by atoms with Crippen molar-refractivity contribution in [1.29, 1.82) is 0 Å². The molecule has 0 fully saturated rings. The minimum Gasteiger partial charge on any atom is -0.307 e. The Morgan fingerprint density at radius 1 is 1.35 bits per heavy atom. The first-order chi connectivity index (χ1) is 9.65. The molecule has 5 nitrogen and oxygen atoms in total. The highest BCUT2D eigenvalue weighted by atomic mass is 16.2. The summed E-state index contributed by atoms with van der Waals surface area (Å²) in [6.45, 7) is 2.84. The van der Waals surface area contributed by atoms with Gasteiger partial charge in [0.15, 0.2) is 0 Å². The van der Waals surface area contributed by atoms with E-state index in [2.05, 4.69) is 23.5 Å². The van der Waals surface area contributed by atoms with Crippen LogP contribution in [-0.4, -0.2) is 24.1 Å². The van der Waals surface area contributed by atoms with Crippen molar-refractivity contribution in [2.24, 2.45) is 11.0 Å². The zero-order valence-corrected chi connectivity index (χ0v) is 11.4. The maximum absolute atomic E-state index is 12.6. The minimum atomic E-state index is -0.131. The lowest BCUT2D eigenvalue weighted by Gasteiger charge is -2.33. The molecule has 2 aliphatic heterocycles. The molecule has 104 valence electrons. The number of amides is 2. The second kappa shape index (κ2) is 5.07. The maximum atomic E-state index is 12.6. The van der Waals surface area contributed by atoms with Crippen molar-refractivity contribution in [3.8, 4) is 0 Å². The minimum absolute atomic E-state index is 0.0935. The SMILES string of the molecule is CC1Cc2ccccc2N(C(=O)C2=NNC(=O)CC2)C1. The van der Waals surface area contributed by atoms with Crippen LogP contribution in [0.1, 0.15) is 25.3 Å². The highest BCUT2D eigenvalue weighted by molar-refractivity contribution is 6.44. The number of hydrazone groups is 1. The van der Waals surface area contributed by atoms with Gasteiger partial charge >= 0.3 is 0 Å². The summed E-state index contributed by atoms with van der Waals surface area (Å²) in [7, 11) is 0. The van der Waals surface area contributed by atoms with E-state index < -0.39 is 0 Å². The van der Waals surface area contributed by atoms with E-state index in [1.165, 1.54) is 5.56 Å². The molecule has 1 aromatic carbocycles. The van der Waals surface area contributed by atoms with E-state index in [-0.39, 0.29) is 11.8 Å². The van der Waals surface area contributed by atoms with E-state index in [9.17, 15) is 9.59 Å². The number of nitrogens with one attached hydrogen (secondary N) is 1. The van der Waals surface area contributed by atoms with E-state index >= 15 is 0 Å². The third-order valence-electron chi connectivity index (χ3n) is 3.74. The first-order valence-corrected chi connectivity index (χ1v) is 6.90. The van der Waals surface area contributed by atoms with Crippen molar-refractivity contribution >= 4 is 23.2 Å². The van der Waals surface area contributed by atoms with Crippen LogP contribution in [0.5, 0.6) is 0 Å². The van der Waals surface area contributed by atoms with Crippen LogP contribution in [0.3, 0.4) is 0 Å². The summed E-state index contributed by atoms with van der Waals surface area (Å²) in [6, 6.07) is 7.98. The average Bonchev–Trinajstić information content (AvgIpc) is 2.46. The van der Waals surface area contributed by atoms with Gasteiger partial charge in [0.25, 0.3) is 5.91 Å². The summed E-state index contributed by atoms with van der Waals surface area (Å²) < 4.78 is 0. The van der Waals surface area contributed by atoms with E-state index in [0.29, 0.717) is 31.0 Å². The van der Waals surface area contributed by atoms with Gasteiger partial charge in [-0.2, -0.15) is 5.10 Å². The molecular weight excluding hydrogens is 254 g/mol. The van der Waals surface area contributed by atoms with Crippen molar-refractivity contribution < 1.29 is 9.59 Å². The lowest BCUT2D eigenvalue weighted by molar-refractivity contribution is -0.121. The Morgan fingerprint density at radius 3 is 2.90 bits per heavy atom. The Bertz CT molecular complexity index is 595. The van der Waals surface area contributed by atoms with Gasteiger partial charge < -0.3 is 4.90 Å². The van der Waals surface area contributed by atoms with Gasteiger partial charge in [0.05, 0.1) is 0 Å². The zero-order chi connectivity index (χ0) is 14.1. The van der Waals surface area contributed by atoms with Crippen LogP contribution in [0.25, 0.3) is 0 Å². The van der Waals surface area contributed by atoms with Gasteiger partial charge in [0.2, 0.25) is 5.91 Å². The number of carbonyl (C=O) groups is 2. The Morgan fingerprint density at radius 2 is 2.15 bits per heavy atom. The van der Waals surface area contributed by atoms with Gasteiger partial charge in [-0.1, -0.05) is 25.1 Å². The fourth-order valence-corrected chi connectivity index (χ4v) is 2.77. The lowest BCUT2D eigenvalue weighted by atomic mass is 9.93. The molecule has 2 amide bonds. The molecule has 0 radical (unpaired) electrons. The van der Waals surface area contributed by atoms with Crippen molar-refractivity contribution in [1.82, 2.24) is 5.43 Å². The molecule has 1 unspecified atom stereocenters. The predicted octanol–water partition coefficient (Wildman–Crippen LogP) is 1.48. The molecule has 2 aliphatic rings. The van der Waals surface area contributed by atoms with Gasteiger partial charge in [-0.15, -0.1) is 0 Å². The first-order valence-electron chi connectivity index (χ1n) is 6.90. The molecule has 1 atom stereocenters. The van der Waals surface area contributed by atoms with Crippen LogP contribution >= 0.6 is 0 Å². The predicted molar refractivity (Wildman–Crippen MR) is 76.5 cm³/mol. The summed E-state index contributed by atoms with van der Waals surface area (Å²) in [4.78, 5) is 25.5. The zero-order valence-electron chi connectivity index (χ0n) is 11.4. The maximum Gasteiger partial charge on any atom is 0.274 e. The number of nitrogens with zero attached hydrogens (tertiary/aromatic N) is 2. The highest BCUT2D eigenvalue weighted by Crippen LogP contribution is 2.29. The number of anilines is 1. The molecule has 0 aromatic heterocycles. The molecule has 0 bridgehead atoms. The molecule has 20 heavy (non-hydrogen) atoms. The van der Waals surface area contributed by atoms with Crippen LogP contribution in [-0.2, 0) is 16.0 Å². The second-order valence-corrected chi connectivity index (χ2v) is 5.45. The molecule has 1 aromatic rings. The summed E-state index contributed by atoms with van der Waals surface area (Å²) in [5.41, 5.74) is 4.99. The first kappa shape index (κ1) is 12.8. The molecule has 3 rings (SSSR count). The fraction of sp³-hybridized carbons (Fsp3) is 0.400. The van der Waals surface area contributed by atoms with Gasteiger partial charge in [-0.05, 0) is 24.0 Å². The fourth-order valence-electron chi connectivity index (χ4n) is 2.77. The molecule has 1 N–H and O–H groups in total. The average molecular weight is 271 g/mol. The molecule has 5 heteroatoms. The van der Waals surface area contributed by atoms with Gasteiger partial charge in [-0.3, -0.25) is 9.59 Å². The van der Waals surface area contributed by atoms with E-state index in [1.54, 1.807) is 4.90 Å². The van der Waals surface area contributed by atoms with Crippen LogP contribution in [0.2, 0.25) is 0 Å². The van der Waals surface area contributed by atoms with Crippen LogP contribution < -0.4 is 10.3 Å². The third-order valence-corrected chi connectivity index (χ3v) is 3.74. The smallest absolute Gasteiger partial charge is 0.274 e. The Kier molecular flexibility index (Phi) is 3.26. The van der Waals surface area contributed by atoms with E-state index in [1.807, 2.05) is 18.2 Å². The largest absolute Gasteiger partial charge is 0.307 e. The molecule has 0 spiro atoms. The molecule has 0 aliphatic carbocycles. The number of benzene rings is 1. The topological polar surface area (TPSA) is 61.8 Å². The van der Waals surface area contributed by atoms with Gasteiger partial charge in [0.1, 0.15) is 5.71 Å². The van der Waals surface area contributed by atoms with Crippen LogP contribution in [0.4, 0.5) is 5.69 Å². The summed E-state index contributed by atoms with van der Waals surface area (Å²) >= 11 is 0. The summed E-state index contributed by atoms with van der Waals surface area (Å²) in [5, 5.41) is 3.91. The Hall–Kier alpha value is -2.17. The normalized spacial score (nSPS) is 21.9. The van der Waals surface area contributed by atoms with Crippen molar-refractivity contribution in [2.75, 3.05) is 11.4 Å². The van der Waals surface area contributed by atoms with Crippen LogP contribution in [0.15, 0.2) is 29.4 Å². The molecule has 0 saturated carbocycles. The number of para-hydroxylation sites is 1. The number of rotatable bonds is 1. The van der Waals surface area contributed by atoms with Crippen LogP contribution in [0, 0.1) is 5.92 Å². The molecular formula is C15H17N3O2. The standard InChI is InChI=1S/C15H17N3O2/c1-10-8-11-4-2-3-5-13(11)18(9-10)15(20)12-6-7-14(19)17-16-12/h2-5,10H,6-9H2,1H3,(H,17,19). The third kappa shape index (κ3) is 2.31. The Balaban J connectivity index is 1.90. The Labute approximate surface area is 117 Å². The monoisotopic (exact) mass is 271 g/mol. The van der Waals surface area contributed by atoms with Crippen molar-refractivity contribution in [3.05, 3.63) is 29.8 Å². The second-order valence-electron chi connectivity index (χ2n) is 5.45. The van der Waals surface area contributed by atoms with Crippen molar-refractivity contribution in [3.63, 3.8) is 0 Å². The van der Waals surface area contributed by atoms with E-state index in [0.717, 1.165) is 12.1 Å². The summed E-state index contributed by atoms with van der Waals surface area (Å²) in [5.74, 6) is 0.200.